The summed E-state index contributed by atoms with van der Waals surface area (Å²) in [7, 11) is 0. The van der Waals surface area contributed by atoms with Crippen molar-refractivity contribution in [1.82, 2.24) is 9.97 Å². The number of rotatable bonds is 10. The fourth-order valence-electron chi connectivity index (χ4n) is 2.53. The number of aliphatic hydroxyl groups is 1. The summed E-state index contributed by atoms with van der Waals surface area (Å²) in [5, 5.41) is 13.4. The number of anilines is 1. The second kappa shape index (κ2) is 10.1. The Labute approximate surface area is 155 Å². The molecule has 0 radical (unpaired) electrons. The van der Waals surface area contributed by atoms with Gasteiger partial charge in [-0.1, -0.05) is 32.0 Å². The van der Waals surface area contributed by atoms with Crippen LogP contribution in [0.3, 0.4) is 0 Å². The predicted molar refractivity (Wildman–Crippen MR) is 103 cm³/mol. The molecule has 1 atom stereocenters. The molecule has 142 valence electrons. The van der Waals surface area contributed by atoms with Gasteiger partial charge in [-0.05, 0) is 31.4 Å². The van der Waals surface area contributed by atoms with Crippen LogP contribution in [-0.4, -0.2) is 40.9 Å². The van der Waals surface area contributed by atoms with E-state index in [4.69, 9.17) is 9.47 Å². The zero-order valence-corrected chi connectivity index (χ0v) is 16.0. The van der Waals surface area contributed by atoms with E-state index in [9.17, 15) is 5.11 Å². The maximum Gasteiger partial charge on any atom is 0.156 e. The molecule has 1 aromatic carbocycles. The third kappa shape index (κ3) is 6.28. The first-order valence-electron chi connectivity index (χ1n) is 9.05. The van der Waals surface area contributed by atoms with E-state index in [1.807, 2.05) is 44.2 Å². The summed E-state index contributed by atoms with van der Waals surface area (Å²) in [4.78, 5) is 8.74. The number of aromatic nitrogens is 2. The van der Waals surface area contributed by atoms with Crippen LogP contribution in [0.2, 0.25) is 0 Å². The van der Waals surface area contributed by atoms with Crippen molar-refractivity contribution < 1.29 is 14.6 Å². The van der Waals surface area contributed by atoms with Crippen molar-refractivity contribution in [2.75, 3.05) is 25.1 Å². The minimum atomic E-state index is -0.652. The predicted octanol–water partition coefficient (Wildman–Crippen LogP) is 3.30. The van der Waals surface area contributed by atoms with Crippen molar-refractivity contribution >= 4 is 5.82 Å². The number of benzene rings is 1. The van der Waals surface area contributed by atoms with Crippen molar-refractivity contribution in [3.05, 3.63) is 47.4 Å². The highest BCUT2D eigenvalue weighted by Gasteiger charge is 2.11. The lowest BCUT2D eigenvalue weighted by Gasteiger charge is -2.17. The van der Waals surface area contributed by atoms with E-state index in [1.54, 1.807) is 0 Å². The van der Waals surface area contributed by atoms with Gasteiger partial charge in [0.2, 0.25) is 0 Å². The fraction of sp³-hybridized carbons (Fsp3) is 0.500. The van der Waals surface area contributed by atoms with Gasteiger partial charge in [0.1, 0.15) is 30.9 Å². The summed E-state index contributed by atoms with van der Waals surface area (Å²) in [6.07, 6.45) is -0.652. The minimum Gasteiger partial charge on any atom is -0.491 e. The molecule has 1 unspecified atom stereocenters. The van der Waals surface area contributed by atoms with Crippen LogP contribution in [0.1, 0.15) is 43.8 Å². The van der Waals surface area contributed by atoms with Gasteiger partial charge < -0.3 is 19.9 Å². The van der Waals surface area contributed by atoms with Crippen LogP contribution in [0.4, 0.5) is 5.82 Å². The molecule has 2 rings (SSSR count). The lowest BCUT2D eigenvalue weighted by atomic mass is 10.0. The van der Waals surface area contributed by atoms with E-state index in [0.29, 0.717) is 37.3 Å². The number of hydrogen-bond acceptors (Lipinski definition) is 6. The summed E-state index contributed by atoms with van der Waals surface area (Å²) in [5.74, 6) is 2.49. The molecule has 0 fully saturated rings. The molecule has 0 amide bonds. The molecule has 6 heteroatoms. The van der Waals surface area contributed by atoms with E-state index in [2.05, 4.69) is 29.1 Å². The lowest BCUT2D eigenvalue weighted by molar-refractivity contribution is 0.116. The zero-order valence-electron chi connectivity index (χ0n) is 16.0. The summed E-state index contributed by atoms with van der Waals surface area (Å²) in [5.41, 5.74) is 1.99. The molecule has 0 saturated heterocycles. The van der Waals surface area contributed by atoms with E-state index >= 15 is 0 Å². The van der Waals surface area contributed by atoms with Crippen molar-refractivity contribution in [2.45, 2.75) is 46.3 Å². The van der Waals surface area contributed by atoms with E-state index in [-0.39, 0.29) is 6.61 Å². The Hall–Kier alpha value is -2.18. The molecular formula is C20H29N3O3. The summed E-state index contributed by atoms with van der Waals surface area (Å²) < 4.78 is 11.2. The Balaban J connectivity index is 1.87. The second-order valence-electron chi connectivity index (χ2n) is 6.49. The first-order chi connectivity index (χ1) is 12.5. The van der Waals surface area contributed by atoms with Gasteiger partial charge in [-0.25, -0.2) is 9.97 Å². The number of hydrogen-bond donors (Lipinski definition) is 2. The van der Waals surface area contributed by atoms with E-state index < -0.39 is 6.10 Å². The normalized spacial score (nSPS) is 12.2. The highest BCUT2D eigenvalue weighted by Crippen LogP contribution is 2.25. The Kier molecular flexibility index (Phi) is 7.81. The van der Waals surface area contributed by atoms with Crippen LogP contribution in [-0.2, 0) is 11.3 Å². The molecule has 0 spiro atoms. The van der Waals surface area contributed by atoms with Gasteiger partial charge in [-0.2, -0.15) is 0 Å². The van der Waals surface area contributed by atoms with Crippen LogP contribution >= 0.6 is 0 Å². The Bertz CT molecular complexity index is 692. The first-order valence-corrected chi connectivity index (χ1v) is 9.05. The Morgan fingerprint density at radius 1 is 1.19 bits per heavy atom. The third-order valence-corrected chi connectivity index (χ3v) is 3.83. The fourth-order valence-corrected chi connectivity index (χ4v) is 2.53. The van der Waals surface area contributed by atoms with Gasteiger partial charge in [0.15, 0.2) is 5.82 Å². The number of aliphatic hydroxyl groups excluding tert-OH is 1. The van der Waals surface area contributed by atoms with Crippen LogP contribution in [0.15, 0.2) is 30.3 Å². The highest BCUT2D eigenvalue weighted by molar-refractivity contribution is 5.36. The molecule has 2 aromatic rings. The number of nitrogens with zero attached hydrogens (tertiary/aromatic N) is 2. The number of aryl methyl sites for hydroxylation is 1. The van der Waals surface area contributed by atoms with Gasteiger partial charge in [0, 0.05) is 24.9 Å². The van der Waals surface area contributed by atoms with Gasteiger partial charge >= 0.3 is 0 Å². The van der Waals surface area contributed by atoms with Gasteiger partial charge in [0.05, 0.1) is 0 Å². The van der Waals surface area contributed by atoms with Crippen molar-refractivity contribution in [3.8, 4) is 5.75 Å². The molecule has 2 N–H and O–H groups in total. The third-order valence-electron chi connectivity index (χ3n) is 3.83. The molecule has 1 heterocycles. The smallest absolute Gasteiger partial charge is 0.156 e. The summed E-state index contributed by atoms with van der Waals surface area (Å²) in [6, 6.07) is 9.77. The van der Waals surface area contributed by atoms with Gasteiger partial charge in [0.25, 0.3) is 0 Å². The van der Waals surface area contributed by atoms with Gasteiger partial charge in [-0.3, -0.25) is 0 Å². The molecular weight excluding hydrogens is 330 g/mol. The molecule has 0 aliphatic rings. The van der Waals surface area contributed by atoms with Crippen LogP contribution in [0.25, 0.3) is 0 Å². The van der Waals surface area contributed by atoms with E-state index in [1.165, 1.54) is 0 Å². The standard InChI is InChI=1S/C20H29N3O3/c1-5-25-13-20-22-15(4)10-19(23-20)21-11-16(24)12-26-18-9-7-6-8-17(18)14(2)3/h6-10,14,16,24H,5,11-13H2,1-4H3,(H,21,22,23). The Morgan fingerprint density at radius 2 is 1.96 bits per heavy atom. The maximum absolute atomic E-state index is 10.2. The molecule has 0 aliphatic carbocycles. The SMILES string of the molecule is CCOCc1nc(C)cc(NCC(O)COc2ccccc2C(C)C)n1. The first kappa shape index (κ1) is 20.1. The summed E-state index contributed by atoms with van der Waals surface area (Å²) in [6.45, 7) is 9.64. The number of ether oxygens (including phenoxy) is 2. The number of nitrogens with one attached hydrogen (secondary N) is 1. The minimum absolute atomic E-state index is 0.215. The average Bonchev–Trinajstić information content (AvgIpc) is 2.62. The van der Waals surface area contributed by atoms with Crippen molar-refractivity contribution in [3.63, 3.8) is 0 Å². The highest BCUT2D eigenvalue weighted by atomic mass is 16.5. The zero-order chi connectivity index (χ0) is 18.9. The molecule has 0 aliphatic heterocycles. The summed E-state index contributed by atoms with van der Waals surface area (Å²) >= 11 is 0. The molecule has 26 heavy (non-hydrogen) atoms. The monoisotopic (exact) mass is 359 g/mol. The van der Waals surface area contributed by atoms with Crippen LogP contribution < -0.4 is 10.1 Å². The quantitative estimate of drug-likeness (QED) is 0.678. The van der Waals surface area contributed by atoms with E-state index in [0.717, 1.165) is 17.0 Å². The largest absolute Gasteiger partial charge is 0.491 e. The Morgan fingerprint density at radius 3 is 2.69 bits per heavy atom. The van der Waals surface area contributed by atoms with Crippen LogP contribution in [0.5, 0.6) is 5.75 Å². The molecule has 0 saturated carbocycles. The second-order valence-corrected chi connectivity index (χ2v) is 6.49. The van der Waals surface area contributed by atoms with Crippen LogP contribution in [0, 0.1) is 6.92 Å². The topological polar surface area (TPSA) is 76.5 Å². The molecule has 1 aromatic heterocycles. The average molecular weight is 359 g/mol. The number of para-hydroxylation sites is 1. The maximum atomic E-state index is 10.2. The molecule has 0 bridgehead atoms. The molecule has 6 nitrogen and oxygen atoms in total. The van der Waals surface area contributed by atoms with Gasteiger partial charge in [-0.15, -0.1) is 0 Å². The van der Waals surface area contributed by atoms with Crippen molar-refractivity contribution in [1.29, 1.82) is 0 Å². The van der Waals surface area contributed by atoms with Crippen molar-refractivity contribution in [2.24, 2.45) is 0 Å². The lowest BCUT2D eigenvalue weighted by Crippen LogP contribution is -2.27.